The molecule has 0 aliphatic rings. The quantitative estimate of drug-likeness (QED) is 0.809. The smallest absolute Gasteiger partial charge is 0.346 e. The number of aryl methyl sites for hydroxylation is 1. The summed E-state index contributed by atoms with van der Waals surface area (Å²) in [6, 6.07) is 7.35. The zero-order valence-corrected chi connectivity index (χ0v) is 15.4. The van der Waals surface area contributed by atoms with Crippen LogP contribution in [0.2, 0.25) is 0 Å². The number of nitrogens with zero attached hydrogens (tertiary/aromatic N) is 1. The summed E-state index contributed by atoms with van der Waals surface area (Å²) < 4.78 is 38.6. The van der Waals surface area contributed by atoms with E-state index in [1.165, 1.54) is 18.2 Å². The van der Waals surface area contributed by atoms with E-state index >= 15 is 0 Å². The number of benzene rings is 1. The lowest BCUT2D eigenvalue weighted by Gasteiger charge is -2.17. The molecule has 7 heteroatoms. The van der Waals surface area contributed by atoms with Gasteiger partial charge in [0.1, 0.15) is 5.78 Å². The number of carbonyl (C=O) groups is 2. The van der Waals surface area contributed by atoms with Crippen molar-refractivity contribution in [2.75, 3.05) is 0 Å². The first kappa shape index (κ1) is 20.6. The van der Waals surface area contributed by atoms with E-state index in [9.17, 15) is 22.8 Å². The van der Waals surface area contributed by atoms with Crippen molar-refractivity contribution in [3.05, 3.63) is 64.5 Å². The Balaban J connectivity index is 2.18. The Morgan fingerprint density at radius 2 is 1.89 bits per heavy atom. The zero-order chi connectivity index (χ0) is 20.2. The molecule has 0 spiro atoms. The highest BCUT2D eigenvalue weighted by molar-refractivity contribution is 5.95. The molecule has 4 nitrogen and oxygen atoms in total. The SMILES string of the molecule is CCC(=O)Cc1cc(C(=O)N[C@H](C)c2cccc(C(F)(F)F)c2)cc(C)n1. The van der Waals surface area contributed by atoms with Crippen molar-refractivity contribution in [3.63, 3.8) is 0 Å². The average Bonchev–Trinajstić information content (AvgIpc) is 2.60. The summed E-state index contributed by atoms with van der Waals surface area (Å²) >= 11 is 0. The van der Waals surface area contributed by atoms with Crippen LogP contribution in [-0.4, -0.2) is 16.7 Å². The van der Waals surface area contributed by atoms with Crippen LogP contribution < -0.4 is 5.32 Å². The van der Waals surface area contributed by atoms with Crippen molar-refractivity contribution >= 4 is 11.7 Å². The van der Waals surface area contributed by atoms with Gasteiger partial charge in [-0.1, -0.05) is 19.1 Å². The van der Waals surface area contributed by atoms with Crippen molar-refractivity contribution in [2.24, 2.45) is 0 Å². The van der Waals surface area contributed by atoms with E-state index in [0.29, 0.717) is 28.9 Å². The summed E-state index contributed by atoms with van der Waals surface area (Å²) in [5.41, 5.74) is 0.999. The fraction of sp³-hybridized carbons (Fsp3) is 0.350. The first-order valence-electron chi connectivity index (χ1n) is 8.57. The van der Waals surface area contributed by atoms with Gasteiger partial charge in [-0.2, -0.15) is 13.2 Å². The fourth-order valence-corrected chi connectivity index (χ4v) is 2.63. The van der Waals surface area contributed by atoms with Crippen LogP contribution in [0.5, 0.6) is 0 Å². The Labute approximate surface area is 155 Å². The third kappa shape index (κ3) is 5.64. The number of halogens is 3. The van der Waals surface area contributed by atoms with Crippen molar-refractivity contribution < 1.29 is 22.8 Å². The molecule has 144 valence electrons. The van der Waals surface area contributed by atoms with Gasteiger partial charge in [0.15, 0.2) is 0 Å². The van der Waals surface area contributed by atoms with E-state index in [4.69, 9.17) is 0 Å². The third-order valence-corrected chi connectivity index (χ3v) is 4.10. The van der Waals surface area contributed by atoms with Crippen LogP contribution in [0.4, 0.5) is 13.2 Å². The Hall–Kier alpha value is -2.70. The lowest BCUT2D eigenvalue weighted by atomic mass is 10.0. The van der Waals surface area contributed by atoms with Gasteiger partial charge in [-0.25, -0.2) is 0 Å². The van der Waals surface area contributed by atoms with Gasteiger partial charge in [0.25, 0.3) is 5.91 Å². The van der Waals surface area contributed by atoms with E-state index < -0.39 is 23.7 Å². The zero-order valence-electron chi connectivity index (χ0n) is 15.4. The number of nitrogens with one attached hydrogen (secondary N) is 1. The molecule has 0 saturated carbocycles. The van der Waals surface area contributed by atoms with Gasteiger partial charge in [-0.15, -0.1) is 0 Å². The van der Waals surface area contributed by atoms with E-state index in [1.54, 1.807) is 26.8 Å². The van der Waals surface area contributed by atoms with E-state index in [0.717, 1.165) is 12.1 Å². The van der Waals surface area contributed by atoms with Crippen LogP contribution in [0.25, 0.3) is 0 Å². The number of alkyl halides is 3. The maximum atomic E-state index is 12.9. The second-order valence-corrected chi connectivity index (χ2v) is 6.38. The number of hydrogen-bond acceptors (Lipinski definition) is 3. The lowest BCUT2D eigenvalue weighted by molar-refractivity contribution is -0.137. The molecule has 1 heterocycles. The Morgan fingerprint density at radius 3 is 2.52 bits per heavy atom. The highest BCUT2D eigenvalue weighted by atomic mass is 19.4. The van der Waals surface area contributed by atoms with Crippen LogP contribution in [0.15, 0.2) is 36.4 Å². The summed E-state index contributed by atoms with van der Waals surface area (Å²) in [5, 5.41) is 2.69. The maximum absolute atomic E-state index is 12.9. The molecule has 0 fully saturated rings. The van der Waals surface area contributed by atoms with E-state index in [-0.39, 0.29) is 12.2 Å². The molecule has 0 unspecified atom stereocenters. The first-order valence-corrected chi connectivity index (χ1v) is 8.57. The number of aromatic nitrogens is 1. The van der Waals surface area contributed by atoms with Crippen LogP contribution in [0.1, 0.15) is 59.2 Å². The molecule has 0 aliphatic heterocycles. The molecule has 27 heavy (non-hydrogen) atoms. The van der Waals surface area contributed by atoms with Gasteiger partial charge in [0, 0.05) is 29.8 Å². The Kier molecular flexibility index (Phi) is 6.36. The standard InChI is InChI=1S/C20H21F3N2O2/c1-4-18(26)11-17-10-15(8-12(2)24-17)19(27)25-13(3)14-6-5-7-16(9-14)20(21,22)23/h5-10,13H,4,11H2,1-3H3,(H,25,27)/t13-/m1/s1. The molecule has 1 amide bonds. The summed E-state index contributed by atoms with van der Waals surface area (Å²) in [6.07, 6.45) is -3.92. The van der Waals surface area contributed by atoms with Gasteiger partial charge >= 0.3 is 6.18 Å². The Morgan fingerprint density at radius 1 is 1.19 bits per heavy atom. The number of amides is 1. The predicted molar refractivity (Wildman–Crippen MR) is 95.3 cm³/mol. The molecule has 1 aromatic carbocycles. The Bertz CT molecular complexity index is 847. The van der Waals surface area contributed by atoms with Crippen LogP contribution in [0.3, 0.4) is 0 Å². The molecule has 2 rings (SSSR count). The monoisotopic (exact) mass is 378 g/mol. The number of ketones is 1. The highest BCUT2D eigenvalue weighted by Crippen LogP contribution is 2.30. The van der Waals surface area contributed by atoms with Crippen LogP contribution in [0, 0.1) is 6.92 Å². The molecule has 0 radical (unpaired) electrons. The molecule has 1 N–H and O–H groups in total. The minimum absolute atomic E-state index is 0.0109. The molecule has 0 bridgehead atoms. The van der Waals surface area contributed by atoms with Crippen LogP contribution in [-0.2, 0) is 17.4 Å². The summed E-state index contributed by atoms with van der Waals surface area (Å²) in [7, 11) is 0. The second kappa shape index (κ2) is 8.33. The summed E-state index contributed by atoms with van der Waals surface area (Å²) in [6.45, 7) is 5.08. The van der Waals surface area contributed by atoms with Crippen LogP contribution >= 0.6 is 0 Å². The summed E-state index contributed by atoms with van der Waals surface area (Å²) in [4.78, 5) is 28.4. The fourth-order valence-electron chi connectivity index (χ4n) is 2.63. The molecule has 0 aliphatic carbocycles. The van der Waals surface area contributed by atoms with Gasteiger partial charge in [0.2, 0.25) is 0 Å². The van der Waals surface area contributed by atoms with Gasteiger partial charge in [-0.3, -0.25) is 14.6 Å². The van der Waals surface area contributed by atoms with Crippen molar-refractivity contribution in [1.82, 2.24) is 10.3 Å². The topological polar surface area (TPSA) is 59.1 Å². The third-order valence-electron chi connectivity index (χ3n) is 4.10. The van der Waals surface area contributed by atoms with Gasteiger partial charge in [-0.05, 0) is 43.7 Å². The largest absolute Gasteiger partial charge is 0.416 e. The minimum atomic E-state index is -4.44. The molecule has 1 aromatic heterocycles. The first-order chi connectivity index (χ1) is 12.6. The number of Topliss-reactive ketones (excluding diaryl/α,β-unsaturated/α-hetero) is 1. The maximum Gasteiger partial charge on any atom is 0.416 e. The number of carbonyl (C=O) groups excluding carboxylic acids is 2. The highest BCUT2D eigenvalue weighted by Gasteiger charge is 2.30. The number of rotatable bonds is 6. The number of hydrogen-bond donors (Lipinski definition) is 1. The number of pyridine rings is 1. The van der Waals surface area contributed by atoms with Crippen molar-refractivity contribution in [1.29, 1.82) is 0 Å². The molecular weight excluding hydrogens is 357 g/mol. The molecular formula is C20H21F3N2O2. The minimum Gasteiger partial charge on any atom is -0.346 e. The van der Waals surface area contributed by atoms with E-state index in [1.807, 2.05) is 0 Å². The van der Waals surface area contributed by atoms with E-state index in [2.05, 4.69) is 10.3 Å². The normalized spacial score (nSPS) is 12.5. The van der Waals surface area contributed by atoms with Crippen molar-refractivity contribution in [3.8, 4) is 0 Å². The average molecular weight is 378 g/mol. The molecule has 2 aromatic rings. The van der Waals surface area contributed by atoms with Gasteiger partial charge in [0.05, 0.1) is 11.6 Å². The predicted octanol–water partition coefficient (Wildman–Crippen LogP) is 4.42. The van der Waals surface area contributed by atoms with Crippen molar-refractivity contribution in [2.45, 2.75) is 45.8 Å². The molecule has 1 atom stereocenters. The van der Waals surface area contributed by atoms with Gasteiger partial charge < -0.3 is 5.32 Å². The molecule has 0 saturated heterocycles. The lowest BCUT2D eigenvalue weighted by Crippen LogP contribution is -2.27. The summed E-state index contributed by atoms with van der Waals surface area (Å²) in [5.74, 6) is -0.424. The second-order valence-electron chi connectivity index (χ2n) is 6.38.